The summed E-state index contributed by atoms with van der Waals surface area (Å²) in [7, 11) is 0. The molecule has 4 aliphatic rings. The summed E-state index contributed by atoms with van der Waals surface area (Å²) in [5.41, 5.74) is -1.72. The van der Waals surface area contributed by atoms with Gasteiger partial charge in [-0.3, -0.25) is 14.4 Å². The van der Waals surface area contributed by atoms with Gasteiger partial charge in [0, 0.05) is 38.8 Å². The van der Waals surface area contributed by atoms with Gasteiger partial charge in [0.25, 0.3) is 0 Å². The number of ether oxygens (including phenoxy) is 1. The van der Waals surface area contributed by atoms with Crippen LogP contribution in [0.2, 0.25) is 0 Å². The molecule has 230 valence electrons. The van der Waals surface area contributed by atoms with E-state index in [-0.39, 0.29) is 30.4 Å². The van der Waals surface area contributed by atoms with Crippen LogP contribution in [0.4, 0.5) is 0 Å². The van der Waals surface area contributed by atoms with Gasteiger partial charge in [-0.1, -0.05) is 58.1 Å². The summed E-state index contributed by atoms with van der Waals surface area (Å²) in [6.45, 7) is 14.0. The van der Waals surface area contributed by atoms with Crippen molar-refractivity contribution in [2.24, 2.45) is 11.8 Å². The van der Waals surface area contributed by atoms with Gasteiger partial charge in [-0.25, -0.2) is 0 Å². The summed E-state index contributed by atoms with van der Waals surface area (Å²) < 4.78 is 7.01. The summed E-state index contributed by atoms with van der Waals surface area (Å²) in [5.74, 6) is -1.44. The van der Waals surface area contributed by atoms with E-state index in [0.29, 0.717) is 45.4 Å². The predicted molar refractivity (Wildman–Crippen MR) is 160 cm³/mol. The Morgan fingerprint density at radius 3 is 2.37 bits per heavy atom. The Labute approximate surface area is 247 Å². The molecule has 5 atom stereocenters. The van der Waals surface area contributed by atoms with Crippen molar-refractivity contribution in [3.63, 3.8) is 0 Å². The van der Waals surface area contributed by atoms with Crippen molar-refractivity contribution in [2.45, 2.75) is 121 Å². The number of carbonyl (C=O) groups excluding carboxylic acids is 3. The van der Waals surface area contributed by atoms with Crippen molar-refractivity contribution in [1.29, 1.82) is 0 Å². The molecule has 8 heteroatoms. The lowest BCUT2D eigenvalue weighted by Gasteiger charge is -2.41. The number of likely N-dealkylation sites (tertiary alicyclic amines) is 1. The zero-order chi connectivity index (χ0) is 29.6. The molecule has 8 nitrogen and oxygen atoms in total. The predicted octanol–water partition coefficient (Wildman–Crippen LogP) is 4.47. The minimum Gasteiger partial charge on any atom is -0.396 e. The standard InChI is InChI=1S/C33H53N3O5/c1-5-20-34(21-6-2)29(38)26-27-30(39)36(23-14-9-10-15-24-37)28(33(27)19-18-32(26,8-4)41-33)31(40)35(22-7-3)25-16-12-11-13-17-25/h5,7,25-28,37H,1,3,6,8-24H2,2,4H3/t26-,27+,28?,32+,33?/m1/s1. The molecule has 4 rings (SSSR count). The van der Waals surface area contributed by atoms with Crippen molar-refractivity contribution in [3.05, 3.63) is 25.3 Å². The number of fused-ring (bicyclic) bond motifs is 1. The molecule has 0 aromatic heterocycles. The van der Waals surface area contributed by atoms with Gasteiger partial charge in [0.2, 0.25) is 17.7 Å². The Morgan fingerprint density at radius 2 is 1.73 bits per heavy atom. The van der Waals surface area contributed by atoms with Gasteiger partial charge in [-0.05, 0) is 51.4 Å². The lowest BCUT2D eigenvalue weighted by Crippen LogP contribution is -2.58. The maximum atomic E-state index is 14.7. The Bertz CT molecular complexity index is 965. The van der Waals surface area contributed by atoms with E-state index in [9.17, 15) is 19.5 Å². The van der Waals surface area contributed by atoms with Crippen molar-refractivity contribution >= 4 is 17.7 Å². The number of carbonyl (C=O) groups is 3. The molecular formula is C33H53N3O5. The van der Waals surface area contributed by atoms with Gasteiger partial charge in [-0.15, -0.1) is 13.2 Å². The average Bonchev–Trinajstić information content (AvgIpc) is 3.59. The first kappa shape index (κ1) is 31.7. The fourth-order valence-corrected chi connectivity index (χ4v) is 8.38. The minimum absolute atomic E-state index is 0.0419. The lowest BCUT2D eigenvalue weighted by atomic mass is 9.64. The van der Waals surface area contributed by atoms with Crippen molar-refractivity contribution in [3.8, 4) is 0 Å². The van der Waals surface area contributed by atoms with E-state index in [1.807, 2.05) is 23.6 Å². The number of aliphatic hydroxyl groups excluding tert-OH is 1. The fourth-order valence-electron chi connectivity index (χ4n) is 8.38. The lowest BCUT2D eigenvalue weighted by molar-refractivity contribution is -0.156. The number of unbranched alkanes of at least 4 members (excludes halogenated alkanes) is 3. The fraction of sp³-hybridized carbons (Fsp3) is 0.788. The molecule has 4 fully saturated rings. The van der Waals surface area contributed by atoms with Crippen LogP contribution in [-0.2, 0) is 19.1 Å². The summed E-state index contributed by atoms with van der Waals surface area (Å²) in [6, 6.07) is -0.597. The van der Waals surface area contributed by atoms with Crippen LogP contribution in [0.3, 0.4) is 0 Å². The maximum absolute atomic E-state index is 14.7. The molecule has 1 saturated carbocycles. The van der Waals surface area contributed by atoms with Crippen LogP contribution < -0.4 is 0 Å². The van der Waals surface area contributed by atoms with E-state index < -0.39 is 29.1 Å². The Kier molecular flexibility index (Phi) is 10.7. The minimum atomic E-state index is -0.990. The molecule has 1 spiro atoms. The molecule has 1 aliphatic carbocycles. The van der Waals surface area contributed by atoms with Gasteiger partial charge in [0.15, 0.2) is 0 Å². The van der Waals surface area contributed by atoms with Crippen LogP contribution in [0.15, 0.2) is 25.3 Å². The highest BCUT2D eigenvalue weighted by Gasteiger charge is 2.79. The quantitative estimate of drug-likeness (QED) is 0.218. The normalized spacial score (nSPS) is 30.9. The second-order valence-electron chi connectivity index (χ2n) is 12.6. The maximum Gasteiger partial charge on any atom is 0.248 e. The Balaban J connectivity index is 1.73. The molecule has 41 heavy (non-hydrogen) atoms. The first-order valence-corrected chi connectivity index (χ1v) is 16.3. The van der Waals surface area contributed by atoms with Crippen LogP contribution in [0.25, 0.3) is 0 Å². The molecule has 0 aromatic carbocycles. The van der Waals surface area contributed by atoms with Gasteiger partial charge in [0.1, 0.15) is 11.6 Å². The topological polar surface area (TPSA) is 90.4 Å². The van der Waals surface area contributed by atoms with Gasteiger partial charge < -0.3 is 24.5 Å². The number of hydrogen-bond acceptors (Lipinski definition) is 5. The van der Waals surface area contributed by atoms with Crippen LogP contribution in [-0.4, -0.2) is 93.6 Å². The molecule has 0 aromatic rings. The zero-order valence-corrected chi connectivity index (χ0v) is 25.5. The monoisotopic (exact) mass is 571 g/mol. The highest BCUT2D eigenvalue weighted by molar-refractivity contribution is 5.99. The third-order valence-electron chi connectivity index (χ3n) is 10.3. The SMILES string of the molecule is C=CCN(CCC)C(=O)[C@H]1[C@H]2C(=O)N(CCCCCCO)C(C(=O)N(CC=C)C3CCCCC3)C23CC[C@]1(CC)O3. The van der Waals surface area contributed by atoms with Crippen molar-refractivity contribution < 1.29 is 24.2 Å². The van der Waals surface area contributed by atoms with Crippen molar-refractivity contribution in [1.82, 2.24) is 14.7 Å². The van der Waals surface area contributed by atoms with E-state index in [1.165, 1.54) is 6.42 Å². The third-order valence-corrected chi connectivity index (χ3v) is 10.3. The van der Waals surface area contributed by atoms with Crippen LogP contribution in [0, 0.1) is 11.8 Å². The molecular weight excluding hydrogens is 518 g/mol. The Hall–Kier alpha value is -2.19. The molecule has 2 bridgehead atoms. The van der Waals surface area contributed by atoms with E-state index in [1.54, 1.807) is 17.1 Å². The highest BCUT2D eigenvalue weighted by Crippen LogP contribution is 2.64. The number of hydrogen-bond donors (Lipinski definition) is 1. The summed E-state index contributed by atoms with van der Waals surface area (Å²) >= 11 is 0. The third kappa shape index (κ3) is 5.75. The van der Waals surface area contributed by atoms with E-state index in [0.717, 1.165) is 57.8 Å². The van der Waals surface area contributed by atoms with Crippen molar-refractivity contribution in [2.75, 3.05) is 32.8 Å². The smallest absolute Gasteiger partial charge is 0.248 e. The summed E-state index contributed by atoms with van der Waals surface area (Å²) in [6.07, 6.45) is 14.8. The molecule has 0 radical (unpaired) electrons. The summed E-state index contributed by atoms with van der Waals surface area (Å²) in [4.78, 5) is 49.0. The number of amides is 3. The zero-order valence-electron chi connectivity index (χ0n) is 25.5. The molecule has 3 saturated heterocycles. The van der Waals surface area contributed by atoms with Gasteiger partial charge in [-0.2, -0.15) is 0 Å². The largest absolute Gasteiger partial charge is 0.396 e. The molecule has 3 amide bonds. The highest BCUT2D eigenvalue weighted by atomic mass is 16.5. The number of nitrogens with zero attached hydrogens (tertiary/aromatic N) is 3. The average molecular weight is 572 g/mol. The van der Waals surface area contributed by atoms with Crippen LogP contribution >= 0.6 is 0 Å². The Morgan fingerprint density at radius 1 is 1.02 bits per heavy atom. The first-order valence-electron chi connectivity index (χ1n) is 16.3. The number of rotatable bonds is 16. The van der Waals surface area contributed by atoms with Gasteiger partial charge in [0.05, 0.1) is 17.4 Å². The molecule has 3 heterocycles. The van der Waals surface area contributed by atoms with Crippen LogP contribution in [0.5, 0.6) is 0 Å². The summed E-state index contributed by atoms with van der Waals surface area (Å²) in [5, 5.41) is 9.22. The molecule has 3 aliphatic heterocycles. The van der Waals surface area contributed by atoms with Gasteiger partial charge >= 0.3 is 0 Å². The second kappa shape index (κ2) is 13.9. The van der Waals surface area contributed by atoms with Crippen LogP contribution in [0.1, 0.15) is 97.3 Å². The molecule has 1 N–H and O–H groups in total. The second-order valence-corrected chi connectivity index (χ2v) is 12.6. The first-order chi connectivity index (χ1) is 19.9. The molecule has 2 unspecified atom stereocenters. The van der Waals surface area contributed by atoms with E-state index >= 15 is 0 Å². The van der Waals surface area contributed by atoms with E-state index in [2.05, 4.69) is 13.2 Å². The van der Waals surface area contributed by atoms with E-state index in [4.69, 9.17) is 4.74 Å². The number of aliphatic hydroxyl groups is 1.